The van der Waals surface area contributed by atoms with E-state index >= 15 is 0 Å². The molecule has 0 aliphatic carbocycles. The highest BCUT2D eigenvalue weighted by Gasteiger charge is 2.13. The second-order valence-electron chi connectivity index (χ2n) is 5.79. The number of nitrogens with one attached hydrogen (secondary N) is 1. The number of benzene rings is 2. The van der Waals surface area contributed by atoms with Crippen molar-refractivity contribution in [2.75, 3.05) is 5.32 Å². The van der Waals surface area contributed by atoms with Gasteiger partial charge in [-0.1, -0.05) is 24.3 Å². The molecule has 0 fully saturated rings. The van der Waals surface area contributed by atoms with Gasteiger partial charge in [0.25, 0.3) is 11.6 Å². The standard InChI is InChI=1S/C19H13N5O3/c25-19(14-6-4-8-16(12-14)24(26)27)20-15-7-3-5-13(11-15)18-22-21-17-9-1-2-10-23(17)18/h1-12H,(H,20,25). The Morgan fingerprint density at radius 3 is 2.70 bits per heavy atom. The second kappa shape index (κ2) is 6.68. The fourth-order valence-electron chi connectivity index (χ4n) is 2.74. The van der Waals surface area contributed by atoms with Crippen LogP contribution in [-0.4, -0.2) is 25.4 Å². The SMILES string of the molecule is O=C(Nc1cccc(-c2nnc3ccccn23)c1)c1cccc([N+](=O)[O-])c1. The quantitative estimate of drug-likeness (QED) is 0.443. The molecular formula is C19H13N5O3. The van der Waals surface area contributed by atoms with Crippen LogP contribution in [0.25, 0.3) is 17.0 Å². The van der Waals surface area contributed by atoms with Gasteiger partial charge in [-0.2, -0.15) is 0 Å². The summed E-state index contributed by atoms with van der Waals surface area (Å²) in [5, 5.41) is 22.0. The summed E-state index contributed by atoms with van der Waals surface area (Å²) in [6.07, 6.45) is 1.86. The third-order valence-electron chi connectivity index (χ3n) is 4.01. The van der Waals surface area contributed by atoms with Crippen LogP contribution in [0, 0.1) is 10.1 Å². The number of anilines is 1. The molecule has 8 heteroatoms. The Hall–Kier alpha value is -4.07. The van der Waals surface area contributed by atoms with Crippen LogP contribution >= 0.6 is 0 Å². The number of carbonyl (C=O) groups excluding carboxylic acids is 1. The van der Waals surface area contributed by atoms with Gasteiger partial charge >= 0.3 is 0 Å². The van der Waals surface area contributed by atoms with E-state index in [0.29, 0.717) is 11.5 Å². The van der Waals surface area contributed by atoms with Crippen LogP contribution in [0.4, 0.5) is 11.4 Å². The number of nitro benzene ring substituents is 1. The lowest BCUT2D eigenvalue weighted by Crippen LogP contribution is -2.12. The fourth-order valence-corrected chi connectivity index (χ4v) is 2.74. The molecule has 0 unspecified atom stereocenters. The van der Waals surface area contributed by atoms with E-state index in [1.807, 2.05) is 34.9 Å². The Labute approximate surface area is 153 Å². The normalized spacial score (nSPS) is 10.7. The topological polar surface area (TPSA) is 102 Å². The molecule has 27 heavy (non-hydrogen) atoms. The number of nitro groups is 1. The van der Waals surface area contributed by atoms with Gasteiger partial charge in [-0.3, -0.25) is 19.3 Å². The number of non-ortho nitro benzene ring substituents is 1. The molecule has 1 amide bonds. The van der Waals surface area contributed by atoms with Crippen molar-refractivity contribution in [2.24, 2.45) is 0 Å². The van der Waals surface area contributed by atoms with Crippen LogP contribution in [0.1, 0.15) is 10.4 Å². The minimum atomic E-state index is -0.534. The average molecular weight is 359 g/mol. The van der Waals surface area contributed by atoms with Gasteiger partial charge in [-0.15, -0.1) is 10.2 Å². The average Bonchev–Trinajstić information content (AvgIpc) is 3.12. The molecule has 8 nitrogen and oxygen atoms in total. The predicted molar refractivity (Wildman–Crippen MR) is 99.5 cm³/mol. The van der Waals surface area contributed by atoms with Gasteiger partial charge in [0.1, 0.15) is 0 Å². The van der Waals surface area contributed by atoms with Crippen molar-refractivity contribution in [1.29, 1.82) is 0 Å². The molecule has 0 saturated carbocycles. The molecule has 1 N–H and O–H groups in total. The molecule has 2 aromatic heterocycles. The van der Waals surface area contributed by atoms with Crippen LogP contribution in [0.5, 0.6) is 0 Å². The van der Waals surface area contributed by atoms with Crippen molar-refractivity contribution in [3.63, 3.8) is 0 Å². The lowest BCUT2D eigenvalue weighted by atomic mass is 10.1. The molecule has 0 aliphatic rings. The van der Waals surface area contributed by atoms with Gasteiger partial charge in [-0.25, -0.2) is 0 Å². The summed E-state index contributed by atoms with van der Waals surface area (Å²) >= 11 is 0. The molecular weight excluding hydrogens is 346 g/mol. The Bertz CT molecular complexity index is 1170. The van der Waals surface area contributed by atoms with E-state index in [9.17, 15) is 14.9 Å². The Balaban J connectivity index is 1.62. The van der Waals surface area contributed by atoms with E-state index in [1.165, 1.54) is 24.3 Å². The lowest BCUT2D eigenvalue weighted by molar-refractivity contribution is -0.384. The minimum absolute atomic E-state index is 0.133. The third kappa shape index (κ3) is 3.23. The summed E-state index contributed by atoms with van der Waals surface area (Å²) in [4.78, 5) is 22.8. The maximum Gasteiger partial charge on any atom is 0.270 e. The number of pyridine rings is 1. The number of hydrogen-bond donors (Lipinski definition) is 1. The summed E-state index contributed by atoms with van der Waals surface area (Å²) in [5.41, 5.74) is 2.13. The third-order valence-corrected chi connectivity index (χ3v) is 4.01. The predicted octanol–water partition coefficient (Wildman–Crippen LogP) is 3.56. The molecule has 4 rings (SSSR count). The smallest absolute Gasteiger partial charge is 0.270 e. The van der Waals surface area contributed by atoms with Crippen LogP contribution in [0.3, 0.4) is 0 Å². The molecule has 2 heterocycles. The van der Waals surface area contributed by atoms with Crippen molar-refractivity contribution in [3.05, 3.63) is 88.6 Å². The van der Waals surface area contributed by atoms with Gasteiger partial charge in [0.2, 0.25) is 0 Å². The Morgan fingerprint density at radius 1 is 1.00 bits per heavy atom. The summed E-state index contributed by atoms with van der Waals surface area (Å²) in [6, 6.07) is 18.4. The number of amides is 1. The van der Waals surface area contributed by atoms with Gasteiger partial charge in [0.15, 0.2) is 11.5 Å². The number of nitrogens with zero attached hydrogens (tertiary/aromatic N) is 4. The van der Waals surface area contributed by atoms with Crippen molar-refractivity contribution in [1.82, 2.24) is 14.6 Å². The van der Waals surface area contributed by atoms with Crippen LogP contribution < -0.4 is 5.32 Å². The van der Waals surface area contributed by atoms with Crippen molar-refractivity contribution < 1.29 is 9.72 Å². The fraction of sp³-hybridized carbons (Fsp3) is 0. The van der Waals surface area contributed by atoms with Crippen molar-refractivity contribution in [2.45, 2.75) is 0 Å². The first kappa shape index (κ1) is 16.4. The summed E-state index contributed by atoms with van der Waals surface area (Å²) in [7, 11) is 0. The zero-order chi connectivity index (χ0) is 18.8. The van der Waals surface area contributed by atoms with Crippen LogP contribution in [0.15, 0.2) is 72.9 Å². The molecule has 2 aromatic carbocycles. The first-order valence-electron chi connectivity index (χ1n) is 8.08. The first-order valence-corrected chi connectivity index (χ1v) is 8.08. The van der Waals surface area contributed by atoms with Crippen LogP contribution in [-0.2, 0) is 0 Å². The zero-order valence-electron chi connectivity index (χ0n) is 13.9. The maximum absolute atomic E-state index is 12.4. The van der Waals surface area contributed by atoms with Gasteiger partial charge in [0.05, 0.1) is 4.92 Å². The highest BCUT2D eigenvalue weighted by molar-refractivity contribution is 6.04. The van der Waals surface area contributed by atoms with Gasteiger partial charge in [0, 0.05) is 35.1 Å². The van der Waals surface area contributed by atoms with Crippen molar-refractivity contribution >= 4 is 22.9 Å². The number of rotatable bonds is 4. The van der Waals surface area contributed by atoms with E-state index in [-0.39, 0.29) is 11.3 Å². The summed E-state index contributed by atoms with van der Waals surface area (Å²) in [5.74, 6) is 0.221. The van der Waals surface area contributed by atoms with E-state index in [2.05, 4.69) is 15.5 Å². The molecule has 0 atom stereocenters. The lowest BCUT2D eigenvalue weighted by Gasteiger charge is -2.07. The Morgan fingerprint density at radius 2 is 1.85 bits per heavy atom. The highest BCUT2D eigenvalue weighted by Crippen LogP contribution is 2.22. The monoisotopic (exact) mass is 359 g/mol. The summed E-state index contributed by atoms with van der Waals surface area (Å²) < 4.78 is 1.85. The van der Waals surface area contributed by atoms with E-state index in [4.69, 9.17) is 0 Å². The first-order chi connectivity index (χ1) is 13.1. The summed E-state index contributed by atoms with van der Waals surface area (Å²) in [6.45, 7) is 0. The van der Waals surface area contributed by atoms with E-state index in [0.717, 1.165) is 11.2 Å². The molecule has 0 bridgehead atoms. The van der Waals surface area contributed by atoms with Crippen LogP contribution in [0.2, 0.25) is 0 Å². The number of carbonyl (C=O) groups is 1. The molecule has 0 aliphatic heterocycles. The zero-order valence-corrected chi connectivity index (χ0v) is 13.9. The number of hydrogen-bond acceptors (Lipinski definition) is 5. The van der Waals surface area contributed by atoms with E-state index in [1.54, 1.807) is 18.2 Å². The molecule has 0 radical (unpaired) electrons. The van der Waals surface area contributed by atoms with Crippen molar-refractivity contribution in [3.8, 4) is 11.4 Å². The van der Waals surface area contributed by atoms with Gasteiger partial charge < -0.3 is 5.32 Å². The maximum atomic E-state index is 12.4. The molecule has 0 saturated heterocycles. The second-order valence-corrected chi connectivity index (χ2v) is 5.79. The highest BCUT2D eigenvalue weighted by atomic mass is 16.6. The minimum Gasteiger partial charge on any atom is -0.322 e. The largest absolute Gasteiger partial charge is 0.322 e. The van der Waals surface area contributed by atoms with Gasteiger partial charge in [-0.05, 0) is 30.3 Å². The molecule has 0 spiro atoms. The van der Waals surface area contributed by atoms with E-state index < -0.39 is 10.8 Å². The molecule has 132 valence electrons. The molecule has 4 aromatic rings. The number of fused-ring (bicyclic) bond motifs is 1. The Kier molecular flexibility index (Phi) is 4.06. The number of aromatic nitrogens is 3.